The lowest BCUT2D eigenvalue weighted by Gasteiger charge is -2.09. The van der Waals surface area contributed by atoms with E-state index in [9.17, 15) is 8.42 Å². The van der Waals surface area contributed by atoms with E-state index in [1.54, 1.807) is 0 Å². The van der Waals surface area contributed by atoms with Gasteiger partial charge in [0, 0.05) is 23.0 Å². The molecule has 0 aliphatic carbocycles. The van der Waals surface area contributed by atoms with Gasteiger partial charge in [0.1, 0.15) is 5.75 Å². The molecule has 0 saturated carbocycles. The summed E-state index contributed by atoms with van der Waals surface area (Å²) in [7, 11) is -3.67. The van der Waals surface area contributed by atoms with Crippen molar-refractivity contribution < 1.29 is 13.2 Å². The first-order chi connectivity index (χ1) is 7.46. The highest BCUT2D eigenvalue weighted by Crippen LogP contribution is 2.32. The number of benzene rings is 1. The van der Waals surface area contributed by atoms with Crippen LogP contribution in [0.2, 0.25) is 0 Å². The zero-order valence-electron chi connectivity index (χ0n) is 8.36. The number of nitrogens with two attached hydrogens (primary N) is 1. The number of ether oxygens (including phenoxy) is 1. The van der Waals surface area contributed by atoms with Crippen molar-refractivity contribution in [1.82, 2.24) is 4.72 Å². The quantitative estimate of drug-likeness (QED) is 0.861. The monoisotopic (exact) mass is 306 g/mol. The van der Waals surface area contributed by atoms with Crippen LogP contribution < -0.4 is 14.6 Å². The van der Waals surface area contributed by atoms with Crippen molar-refractivity contribution in [2.24, 2.45) is 5.14 Å². The molecular formula is C9H11BrN2O3S. The predicted octanol–water partition coefficient (Wildman–Crippen LogP) is 0.677. The van der Waals surface area contributed by atoms with Gasteiger partial charge in [-0.05, 0) is 17.7 Å². The summed E-state index contributed by atoms with van der Waals surface area (Å²) in [4.78, 5) is 0. The lowest BCUT2D eigenvalue weighted by Crippen LogP contribution is -2.30. The molecular weight excluding hydrogens is 296 g/mol. The molecule has 1 heterocycles. The highest BCUT2D eigenvalue weighted by Gasteiger charge is 2.17. The third-order valence-electron chi connectivity index (χ3n) is 2.29. The number of halogens is 1. The fraction of sp³-hybridized carbons (Fsp3) is 0.333. The molecule has 1 aromatic carbocycles. The minimum absolute atomic E-state index is 0.139. The Labute approximate surface area is 102 Å². The smallest absolute Gasteiger partial charge is 0.274 e. The number of fused-ring (bicyclic) bond motifs is 1. The molecule has 0 fully saturated rings. The highest BCUT2D eigenvalue weighted by molar-refractivity contribution is 9.10. The van der Waals surface area contributed by atoms with Crippen molar-refractivity contribution in [3.63, 3.8) is 0 Å². The minimum atomic E-state index is -3.67. The number of hydrogen-bond acceptors (Lipinski definition) is 3. The van der Waals surface area contributed by atoms with Gasteiger partial charge in [-0.15, -0.1) is 0 Å². The topological polar surface area (TPSA) is 81.4 Å². The molecule has 16 heavy (non-hydrogen) atoms. The van der Waals surface area contributed by atoms with E-state index in [0.29, 0.717) is 6.61 Å². The van der Waals surface area contributed by atoms with Gasteiger partial charge in [-0.2, -0.15) is 13.1 Å². The highest BCUT2D eigenvalue weighted by atomic mass is 79.9. The summed E-state index contributed by atoms with van der Waals surface area (Å²) in [6.07, 6.45) is 0.844. The van der Waals surface area contributed by atoms with Crippen molar-refractivity contribution in [2.45, 2.75) is 13.0 Å². The molecule has 1 aliphatic heterocycles. The lowest BCUT2D eigenvalue weighted by atomic mass is 10.1. The Morgan fingerprint density at radius 2 is 2.25 bits per heavy atom. The van der Waals surface area contributed by atoms with E-state index >= 15 is 0 Å². The first-order valence-electron chi connectivity index (χ1n) is 4.67. The van der Waals surface area contributed by atoms with Crippen molar-refractivity contribution in [3.8, 4) is 5.75 Å². The Morgan fingerprint density at radius 3 is 2.94 bits per heavy atom. The van der Waals surface area contributed by atoms with Crippen LogP contribution in [0, 0.1) is 0 Å². The Hall–Kier alpha value is -0.630. The Morgan fingerprint density at radius 1 is 1.50 bits per heavy atom. The zero-order chi connectivity index (χ0) is 11.8. The maximum atomic E-state index is 10.8. The van der Waals surface area contributed by atoms with Crippen molar-refractivity contribution in [2.75, 3.05) is 6.61 Å². The van der Waals surface area contributed by atoms with Crippen LogP contribution in [-0.2, 0) is 23.2 Å². The first kappa shape index (κ1) is 11.8. The second-order valence-electron chi connectivity index (χ2n) is 3.52. The average molecular weight is 307 g/mol. The van der Waals surface area contributed by atoms with E-state index in [4.69, 9.17) is 9.88 Å². The second kappa shape index (κ2) is 4.33. The van der Waals surface area contributed by atoms with Crippen molar-refractivity contribution in [1.29, 1.82) is 0 Å². The molecule has 2 rings (SSSR count). The molecule has 88 valence electrons. The van der Waals surface area contributed by atoms with Gasteiger partial charge in [-0.1, -0.05) is 15.9 Å². The third-order valence-corrected chi connectivity index (χ3v) is 3.29. The van der Waals surface area contributed by atoms with Crippen LogP contribution in [0.5, 0.6) is 5.75 Å². The average Bonchev–Trinajstić information content (AvgIpc) is 2.60. The van der Waals surface area contributed by atoms with Gasteiger partial charge in [0.2, 0.25) is 0 Å². The molecule has 0 amide bonds. The van der Waals surface area contributed by atoms with Gasteiger partial charge in [-0.3, -0.25) is 0 Å². The summed E-state index contributed by atoms with van der Waals surface area (Å²) in [6, 6.07) is 3.80. The SMILES string of the molecule is NS(=O)(=O)NCc1cc(Br)cc2c1OCC2. The second-order valence-corrected chi connectivity index (χ2v) is 5.81. The maximum absolute atomic E-state index is 10.8. The number of rotatable bonds is 3. The van der Waals surface area contributed by atoms with E-state index in [1.807, 2.05) is 12.1 Å². The fourth-order valence-electron chi connectivity index (χ4n) is 1.66. The van der Waals surface area contributed by atoms with Gasteiger partial charge in [0.15, 0.2) is 0 Å². The van der Waals surface area contributed by atoms with Gasteiger partial charge in [-0.25, -0.2) is 5.14 Å². The molecule has 1 aliphatic rings. The summed E-state index contributed by atoms with van der Waals surface area (Å²) in [6.45, 7) is 0.773. The van der Waals surface area contributed by atoms with E-state index in [1.165, 1.54) is 0 Å². The normalized spacial score (nSPS) is 14.6. The van der Waals surface area contributed by atoms with E-state index < -0.39 is 10.2 Å². The molecule has 0 spiro atoms. The Balaban J connectivity index is 2.27. The van der Waals surface area contributed by atoms with Crippen molar-refractivity contribution in [3.05, 3.63) is 27.7 Å². The van der Waals surface area contributed by atoms with Crippen LogP contribution >= 0.6 is 15.9 Å². The summed E-state index contributed by atoms with van der Waals surface area (Å²) < 4.78 is 30.2. The molecule has 0 aromatic heterocycles. The van der Waals surface area contributed by atoms with Gasteiger partial charge in [0.25, 0.3) is 10.2 Å². The van der Waals surface area contributed by atoms with Crippen molar-refractivity contribution >= 4 is 26.1 Å². The van der Waals surface area contributed by atoms with E-state index in [-0.39, 0.29) is 6.54 Å². The maximum Gasteiger partial charge on any atom is 0.274 e. The van der Waals surface area contributed by atoms with Gasteiger partial charge in [0.05, 0.1) is 6.61 Å². The largest absolute Gasteiger partial charge is 0.493 e. The first-order valence-corrected chi connectivity index (χ1v) is 7.01. The minimum Gasteiger partial charge on any atom is -0.493 e. The molecule has 0 bridgehead atoms. The summed E-state index contributed by atoms with van der Waals surface area (Å²) in [5.41, 5.74) is 1.87. The van der Waals surface area contributed by atoms with Crippen LogP contribution in [0.25, 0.3) is 0 Å². The molecule has 5 nitrogen and oxygen atoms in total. The van der Waals surface area contributed by atoms with E-state index in [2.05, 4.69) is 20.7 Å². The van der Waals surface area contributed by atoms with Gasteiger partial charge >= 0.3 is 0 Å². The molecule has 7 heteroatoms. The van der Waals surface area contributed by atoms with Crippen LogP contribution in [0.1, 0.15) is 11.1 Å². The molecule has 0 radical (unpaired) electrons. The zero-order valence-corrected chi connectivity index (χ0v) is 10.8. The molecule has 1 aromatic rings. The summed E-state index contributed by atoms with van der Waals surface area (Å²) >= 11 is 3.37. The molecule has 0 atom stereocenters. The van der Waals surface area contributed by atoms with Crippen LogP contribution in [0.4, 0.5) is 0 Å². The molecule has 3 N–H and O–H groups in total. The van der Waals surface area contributed by atoms with Crippen LogP contribution in [0.3, 0.4) is 0 Å². The Kier molecular flexibility index (Phi) is 3.20. The van der Waals surface area contributed by atoms with Gasteiger partial charge < -0.3 is 4.74 Å². The summed E-state index contributed by atoms with van der Waals surface area (Å²) in [5, 5.41) is 4.88. The number of hydrogen-bond donors (Lipinski definition) is 2. The molecule has 0 unspecified atom stereocenters. The third kappa shape index (κ3) is 2.73. The Bertz CT molecular complexity index is 516. The van der Waals surface area contributed by atoms with Crippen LogP contribution in [-0.4, -0.2) is 15.0 Å². The predicted molar refractivity (Wildman–Crippen MR) is 63.3 cm³/mol. The summed E-state index contributed by atoms with van der Waals surface area (Å²) in [5.74, 6) is 0.763. The standard InChI is InChI=1S/C9H11BrN2O3S/c10-8-3-6-1-2-15-9(6)7(4-8)5-12-16(11,13)14/h3-4,12H,1-2,5H2,(H2,11,13,14). The lowest BCUT2D eigenvalue weighted by molar-refractivity contribution is 0.353. The van der Waals surface area contributed by atoms with E-state index in [0.717, 1.165) is 27.8 Å². The van der Waals surface area contributed by atoms with Crippen LogP contribution in [0.15, 0.2) is 16.6 Å². The molecule has 0 saturated heterocycles. The fourth-order valence-corrected chi connectivity index (χ4v) is 2.57. The number of nitrogens with one attached hydrogen (secondary N) is 1.